The van der Waals surface area contributed by atoms with E-state index in [1.807, 2.05) is 44.3 Å². The Morgan fingerprint density at radius 2 is 1.95 bits per heavy atom. The minimum absolute atomic E-state index is 0.629. The standard InChI is InChI=1S/C17H29N3O2/c1-4-18-17(19-12-9-14-21-5-2)20(3)13-15-22-16-10-7-6-8-11-16/h6-8,10-11H,4-5,9,12-15H2,1-3H3,(H,18,19). The van der Waals surface area contributed by atoms with E-state index in [2.05, 4.69) is 22.1 Å². The maximum atomic E-state index is 5.72. The highest BCUT2D eigenvalue weighted by atomic mass is 16.5. The molecule has 0 aliphatic rings. The molecule has 1 rings (SSSR count). The summed E-state index contributed by atoms with van der Waals surface area (Å²) in [5.74, 6) is 1.81. The summed E-state index contributed by atoms with van der Waals surface area (Å²) >= 11 is 0. The van der Waals surface area contributed by atoms with Crippen LogP contribution in [0.4, 0.5) is 0 Å². The van der Waals surface area contributed by atoms with E-state index in [4.69, 9.17) is 9.47 Å². The van der Waals surface area contributed by atoms with Crippen molar-refractivity contribution in [2.45, 2.75) is 20.3 Å². The Kier molecular flexibility index (Phi) is 9.87. The van der Waals surface area contributed by atoms with Gasteiger partial charge in [-0.05, 0) is 32.4 Å². The molecular weight excluding hydrogens is 278 g/mol. The molecule has 124 valence electrons. The Morgan fingerprint density at radius 1 is 1.18 bits per heavy atom. The van der Waals surface area contributed by atoms with Gasteiger partial charge in [-0.15, -0.1) is 0 Å². The van der Waals surface area contributed by atoms with Crippen molar-refractivity contribution in [2.75, 3.05) is 46.5 Å². The zero-order valence-corrected chi connectivity index (χ0v) is 14.0. The van der Waals surface area contributed by atoms with Gasteiger partial charge in [-0.25, -0.2) is 0 Å². The van der Waals surface area contributed by atoms with Gasteiger partial charge in [0.15, 0.2) is 5.96 Å². The lowest BCUT2D eigenvalue weighted by atomic mass is 10.3. The number of nitrogens with zero attached hydrogens (tertiary/aromatic N) is 2. The summed E-state index contributed by atoms with van der Waals surface area (Å²) in [6, 6.07) is 9.86. The van der Waals surface area contributed by atoms with Crippen LogP contribution in [0.5, 0.6) is 5.75 Å². The highest BCUT2D eigenvalue weighted by Gasteiger charge is 2.05. The molecule has 0 atom stereocenters. The van der Waals surface area contributed by atoms with Crippen LogP contribution in [0.2, 0.25) is 0 Å². The van der Waals surface area contributed by atoms with Crippen LogP contribution in [0.25, 0.3) is 0 Å². The minimum Gasteiger partial charge on any atom is -0.492 e. The van der Waals surface area contributed by atoms with Crippen LogP contribution in [0.15, 0.2) is 35.3 Å². The number of aliphatic imine (C=N–C) groups is 1. The SMILES string of the molecule is CCNC(=NCCCOCC)N(C)CCOc1ccccc1. The largest absolute Gasteiger partial charge is 0.492 e. The third-order valence-electron chi connectivity index (χ3n) is 3.05. The quantitative estimate of drug-likeness (QED) is 0.409. The third-order valence-corrected chi connectivity index (χ3v) is 3.05. The predicted molar refractivity (Wildman–Crippen MR) is 91.7 cm³/mol. The number of nitrogens with one attached hydrogen (secondary N) is 1. The maximum absolute atomic E-state index is 5.72. The lowest BCUT2D eigenvalue weighted by Crippen LogP contribution is -2.41. The summed E-state index contributed by atoms with van der Waals surface area (Å²) in [7, 11) is 2.03. The van der Waals surface area contributed by atoms with Crippen molar-refractivity contribution in [2.24, 2.45) is 4.99 Å². The molecule has 0 aliphatic carbocycles. The summed E-state index contributed by atoms with van der Waals surface area (Å²) in [4.78, 5) is 6.70. The van der Waals surface area contributed by atoms with Gasteiger partial charge in [-0.3, -0.25) is 4.99 Å². The second-order valence-electron chi connectivity index (χ2n) is 4.87. The summed E-state index contributed by atoms with van der Waals surface area (Å²) < 4.78 is 11.0. The number of para-hydroxylation sites is 1. The number of benzene rings is 1. The van der Waals surface area contributed by atoms with E-state index < -0.39 is 0 Å². The average molecular weight is 307 g/mol. The predicted octanol–water partition coefficient (Wildman–Crippen LogP) is 2.39. The van der Waals surface area contributed by atoms with E-state index >= 15 is 0 Å². The fourth-order valence-electron chi connectivity index (χ4n) is 1.89. The first kappa shape index (κ1) is 18.3. The molecule has 0 saturated heterocycles. The van der Waals surface area contributed by atoms with E-state index in [-0.39, 0.29) is 0 Å². The summed E-state index contributed by atoms with van der Waals surface area (Å²) in [5, 5.41) is 3.30. The van der Waals surface area contributed by atoms with Crippen LogP contribution in [0, 0.1) is 0 Å². The van der Waals surface area contributed by atoms with Crippen molar-refractivity contribution in [1.82, 2.24) is 10.2 Å². The highest BCUT2D eigenvalue weighted by molar-refractivity contribution is 5.79. The maximum Gasteiger partial charge on any atom is 0.193 e. The van der Waals surface area contributed by atoms with Crippen LogP contribution in [-0.2, 0) is 4.74 Å². The lowest BCUT2D eigenvalue weighted by molar-refractivity contribution is 0.146. The van der Waals surface area contributed by atoms with Crippen molar-refractivity contribution in [3.8, 4) is 5.75 Å². The van der Waals surface area contributed by atoms with Crippen LogP contribution in [-0.4, -0.2) is 57.4 Å². The number of likely N-dealkylation sites (N-methyl/N-ethyl adjacent to an activating group) is 1. The molecule has 5 nitrogen and oxygen atoms in total. The van der Waals surface area contributed by atoms with Crippen molar-refractivity contribution in [1.29, 1.82) is 0 Å². The normalized spacial score (nSPS) is 11.3. The average Bonchev–Trinajstić information content (AvgIpc) is 2.54. The molecule has 1 N–H and O–H groups in total. The van der Waals surface area contributed by atoms with Gasteiger partial charge in [0.2, 0.25) is 0 Å². The Morgan fingerprint density at radius 3 is 2.64 bits per heavy atom. The lowest BCUT2D eigenvalue weighted by Gasteiger charge is -2.22. The second kappa shape index (κ2) is 11.9. The highest BCUT2D eigenvalue weighted by Crippen LogP contribution is 2.07. The zero-order chi connectivity index (χ0) is 16.0. The molecule has 5 heteroatoms. The van der Waals surface area contributed by atoms with E-state index in [9.17, 15) is 0 Å². The topological polar surface area (TPSA) is 46.1 Å². The molecule has 0 fully saturated rings. The van der Waals surface area contributed by atoms with Gasteiger partial charge in [-0.2, -0.15) is 0 Å². The Hall–Kier alpha value is -1.75. The van der Waals surface area contributed by atoms with Gasteiger partial charge in [0, 0.05) is 33.4 Å². The van der Waals surface area contributed by atoms with Crippen LogP contribution in [0.3, 0.4) is 0 Å². The monoisotopic (exact) mass is 307 g/mol. The zero-order valence-electron chi connectivity index (χ0n) is 14.0. The Balaban J connectivity index is 2.33. The molecule has 0 saturated carbocycles. The van der Waals surface area contributed by atoms with E-state index in [1.54, 1.807) is 0 Å². The summed E-state index contributed by atoms with van der Waals surface area (Å²) in [6.07, 6.45) is 0.942. The number of hydrogen-bond acceptors (Lipinski definition) is 3. The molecule has 0 aromatic heterocycles. The Bertz CT molecular complexity index is 410. The fraction of sp³-hybridized carbons (Fsp3) is 0.588. The van der Waals surface area contributed by atoms with Crippen LogP contribution >= 0.6 is 0 Å². The number of guanidine groups is 1. The van der Waals surface area contributed by atoms with Crippen molar-refractivity contribution >= 4 is 5.96 Å². The molecular formula is C17H29N3O2. The van der Waals surface area contributed by atoms with E-state index in [1.165, 1.54) is 0 Å². The smallest absolute Gasteiger partial charge is 0.193 e. The van der Waals surface area contributed by atoms with Gasteiger partial charge >= 0.3 is 0 Å². The van der Waals surface area contributed by atoms with Crippen molar-refractivity contribution < 1.29 is 9.47 Å². The van der Waals surface area contributed by atoms with Gasteiger partial charge < -0.3 is 19.7 Å². The van der Waals surface area contributed by atoms with Gasteiger partial charge in [0.05, 0.1) is 6.54 Å². The first-order valence-electron chi connectivity index (χ1n) is 8.03. The molecule has 1 aromatic rings. The van der Waals surface area contributed by atoms with Crippen LogP contribution in [0.1, 0.15) is 20.3 Å². The first-order chi connectivity index (χ1) is 10.8. The molecule has 0 bridgehead atoms. The first-order valence-corrected chi connectivity index (χ1v) is 8.03. The van der Waals surface area contributed by atoms with Gasteiger partial charge in [0.25, 0.3) is 0 Å². The molecule has 0 radical (unpaired) electrons. The number of hydrogen-bond donors (Lipinski definition) is 1. The minimum atomic E-state index is 0.629. The molecule has 1 aromatic carbocycles. The molecule has 0 spiro atoms. The van der Waals surface area contributed by atoms with Crippen molar-refractivity contribution in [3.63, 3.8) is 0 Å². The van der Waals surface area contributed by atoms with Crippen molar-refractivity contribution in [3.05, 3.63) is 30.3 Å². The van der Waals surface area contributed by atoms with Gasteiger partial charge in [0.1, 0.15) is 12.4 Å². The van der Waals surface area contributed by atoms with E-state index in [0.29, 0.717) is 6.61 Å². The summed E-state index contributed by atoms with van der Waals surface area (Å²) in [5.41, 5.74) is 0. The van der Waals surface area contributed by atoms with E-state index in [0.717, 1.165) is 51.0 Å². The number of rotatable bonds is 10. The van der Waals surface area contributed by atoms with Gasteiger partial charge in [-0.1, -0.05) is 18.2 Å². The number of ether oxygens (including phenoxy) is 2. The fourth-order valence-corrected chi connectivity index (χ4v) is 1.89. The van der Waals surface area contributed by atoms with Crippen LogP contribution < -0.4 is 10.1 Å². The Labute approximate surface area is 134 Å². The third kappa shape index (κ3) is 7.88. The summed E-state index contributed by atoms with van der Waals surface area (Å²) in [6.45, 7) is 8.65. The molecule has 22 heavy (non-hydrogen) atoms. The molecule has 0 aliphatic heterocycles. The second-order valence-corrected chi connectivity index (χ2v) is 4.87. The molecule has 0 unspecified atom stereocenters. The molecule has 0 amide bonds. The molecule has 0 heterocycles.